The van der Waals surface area contributed by atoms with E-state index in [9.17, 15) is 0 Å². The zero-order valence-corrected chi connectivity index (χ0v) is 10.5. The van der Waals surface area contributed by atoms with Crippen molar-refractivity contribution in [3.05, 3.63) is 34.9 Å². The number of hydrogen-bond acceptors (Lipinski definition) is 2. The molecule has 0 aromatic heterocycles. The van der Waals surface area contributed by atoms with E-state index >= 15 is 0 Å². The molecule has 88 valence electrons. The third kappa shape index (κ3) is 2.97. The maximum absolute atomic E-state index is 5.93. The summed E-state index contributed by atoms with van der Waals surface area (Å²) < 4.78 is 0. The Morgan fingerprint density at radius 2 is 2.00 bits per heavy atom. The van der Waals surface area contributed by atoms with Crippen molar-refractivity contribution in [1.82, 2.24) is 4.90 Å². The zero-order valence-electron chi connectivity index (χ0n) is 9.70. The fraction of sp³-hybridized carbons (Fsp3) is 0.538. The Balaban J connectivity index is 1.91. The molecule has 0 bridgehead atoms. The van der Waals surface area contributed by atoms with Gasteiger partial charge < -0.3 is 5.73 Å². The molecular formula is C13H19ClN2. The molecule has 1 saturated carbocycles. The number of hydrogen-bond donors (Lipinski definition) is 1. The van der Waals surface area contributed by atoms with Gasteiger partial charge in [-0.05, 0) is 44.0 Å². The zero-order chi connectivity index (χ0) is 11.5. The summed E-state index contributed by atoms with van der Waals surface area (Å²) >= 11 is 5.86. The van der Waals surface area contributed by atoms with Gasteiger partial charge in [0, 0.05) is 23.7 Å². The first-order valence-corrected chi connectivity index (χ1v) is 6.23. The third-order valence-corrected chi connectivity index (χ3v) is 3.67. The van der Waals surface area contributed by atoms with Crippen LogP contribution in [0.4, 0.5) is 0 Å². The fourth-order valence-corrected chi connectivity index (χ4v) is 2.52. The molecule has 0 aliphatic heterocycles. The lowest BCUT2D eigenvalue weighted by atomic mass is 10.1. The Morgan fingerprint density at radius 1 is 1.31 bits per heavy atom. The van der Waals surface area contributed by atoms with E-state index in [1.807, 2.05) is 12.1 Å². The molecule has 2 nitrogen and oxygen atoms in total. The van der Waals surface area contributed by atoms with Crippen LogP contribution in [0.1, 0.15) is 24.8 Å². The molecule has 2 N–H and O–H groups in total. The van der Waals surface area contributed by atoms with Crippen LogP contribution in [0.2, 0.25) is 5.02 Å². The molecule has 1 aromatic rings. The van der Waals surface area contributed by atoms with Crippen LogP contribution < -0.4 is 5.73 Å². The monoisotopic (exact) mass is 238 g/mol. The molecule has 2 atom stereocenters. The van der Waals surface area contributed by atoms with Gasteiger partial charge in [-0.2, -0.15) is 0 Å². The van der Waals surface area contributed by atoms with E-state index in [0.717, 1.165) is 24.4 Å². The number of halogens is 1. The second kappa shape index (κ2) is 5.17. The Kier molecular flexibility index (Phi) is 3.85. The van der Waals surface area contributed by atoms with E-state index in [1.165, 1.54) is 12.0 Å². The van der Waals surface area contributed by atoms with E-state index in [1.54, 1.807) is 0 Å². The molecule has 0 spiro atoms. The van der Waals surface area contributed by atoms with Crippen LogP contribution in [0.25, 0.3) is 0 Å². The summed E-state index contributed by atoms with van der Waals surface area (Å²) in [6.45, 7) is 0.981. The van der Waals surface area contributed by atoms with Crippen molar-refractivity contribution >= 4 is 11.6 Å². The van der Waals surface area contributed by atoms with Crippen molar-refractivity contribution in [2.24, 2.45) is 5.73 Å². The molecular weight excluding hydrogens is 220 g/mol. The van der Waals surface area contributed by atoms with Crippen molar-refractivity contribution in [1.29, 1.82) is 0 Å². The van der Waals surface area contributed by atoms with Gasteiger partial charge in [0.15, 0.2) is 0 Å². The van der Waals surface area contributed by atoms with Crippen molar-refractivity contribution in [3.8, 4) is 0 Å². The quantitative estimate of drug-likeness (QED) is 0.877. The summed E-state index contributed by atoms with van der Waals surface area (Å²) in [6.07, 6.45) is 3.52. The third-order valence-electron chi connectivity index (χ3n) is 3.41. The van der Waals surface area contributed by atoms with Crippen LogP contribution in [0, 0.1) is 0 Å². The highest BCUT2D eigenvalue weighted by atomic mass is 35.5. The van der Waals surface area contributed by atoms with Gasteiger partial charge in [0.25, 0.3) is 0 Å². The average Bonchev–Trinajstić information content (AvgIpc) is 2.68. The van der Waals surface area contributed by atoms with Crippen molar-refractivity contribution < 1.29 is 0 Å². The van der Waals surface area contributed by atoms with E-state index < -0.39 is 0 Å². The maximum atomic E-state index is 5.93. The SMILES string of the molecule is CN(Cc1ccc(Cl)cc1)C1CCC(N)C1. The fourth-order valence-electron chi connectivity index (χ4n) is 2.40. The van der Waals surface area contributed by atoms with Gasteiger partial charge in [0.05, 0.1) is 0 Å². The summed E-state index contributed by atoms with van der Waals surface area (Å²) in [5.74, 6) is 0. The Bertz CT molecular complexity index is 336. The highest BCUT2D eigenvalue weighted by Gasteiger charge is 2.24. The second-order valence-corrected chi connectivity index (χ2v) is 5.20. The van der Waals surface area contributed by atoms with Crippen LogP contribution in [0.3, 0.4) is 0 Å². The molecule has 1 fully saturated rings. The molecule has 0 heterocycles. The predicted molar refractivity (Wildman–Crippen MR) is 68.5 cm³/mol. The lowest BCUT2D eigenvalue weighted by Gasteiger charge is -2.24. The summed E-state index contributed by atoms with van der Waals surface area (Å²) in [7, 11) is 2.18. The van der Waals surface area contributed by atoms with E-state index in [-0.39, 0.29) is 0 Å². The molecule has 1 aliphatic carbocycles. The summed E-state index contributed by atoms with van der Waals surface area (Å²) in [5, 5.41) is 0.800. The second-order valence-electron chi connectivity index (χ2n) is 4.77. The first-order chi connectivity index (χ1) is 7.65. The van der Waals surface area contributed by atoms with Crippen LogP contribution >= 0.6 is 11.6 Å². The first-order valence-electron chi connectivity index (χ1n) is 5.85. The molecule has 1 aromatic carbocycles. The van der Waals surface area contributed by atoms with Gasteiger partial charge in [-0.15, -0.1) is 0 Å². The van der Waals surface area contributed by atoms with Crippen LogP contribution in [-0.2, 0) is 6.54 Å². The smallest absolute Gasteiger partial charge is 0.0406 e. The Hall–Kier alpha value is -0.570. The maximum Gasteiger partial charge on any atom is 0.0406 e. The molecule has 0 amide bonds. The van der Waals surface area contributed by atoms with E-state index in [0.29, 0.717) is 12.1 Å². The Labute approximate surface area is 102 Å². The van der Waals surface area contributed by atoms with Gasteiger partial charge >= 0.3 is 0 Å². The largest absolute Gasteiger partial charge is 0.328 e. The number of rotatable bonds is 3. The molecule has 0 saturated heterocycles. The highest BCUT2D eigenvalue weighted by Crippen LogP contribution is 2.23. The average molecular weight is 239 g/mol. The van der Waals surface area contributed by atoms with Gasteiger partial charge in [-0.1, -0.05) is 23.7 Å². The molecule has 2 rings (SSSR count). The lowest BCUT2D eigenvalue weighted by Crippen LogP contribution is -2.30. The molecule has 2 unspecified atom stereocenters. The summed E-state index contributed by atoms with van der Waals surface area (Å²) in [6, 6.07) is 9.13. The van der Waals surface area contributed by atoms with Crippen molar-refractivity contribution in [3.63, 3.8) is 0 Å². The lowest BCUT2D eigenvalue weighted by molar-refractivity contribution is 0.235. The minimum absolute atomic E-state index is 0.401. The normalized spacial score (nSPS) is 25.2. The number of benzene rings is 1. The van der Waals surface area contributed by atoms with Gasteiger partial charge in [0.2, 0.25) is 0 Å². The minimum Gasteiger partial charge on any atom is -0.328 e. The molecule has 1 aliphatic rings. The standard InChI is InChI=1S/C13H19ClN2/c1-16(13-7-6-12(15)8-13)9-10-2-4-11(14)5-3-10/h2-5,12-13H,6-9,15H2,1H3. The molecule has 0 radical (unpaired) electrons. The topological polar surface area (TPSA) is 29.3 Å². The van der Waals surface area contributed by atoms with Crippen LogP contribution in [-0.4, -0.2) is 24.0 Å². The van der Waals surface area contributed by atoms with Crippen LogP contribution in [0.15, 0.2) is 24.3 Å². The van der Waals surface area contributed by atoms with Crippen molar-refractivity contribution in [2.75, 3.05) is 7.05 Å². The van der Waals surface area contributed by atoms with Crippen LogP contribution in [0.5, 0.6) is 0 Å². The first kappa shape index (κ1) is 11.9. The van der Waals surface area contributed by atoms with Gasteiger partial charge in [-0.25, -0.2) is 0 Å². The molecule has 3 heteroatoms. The summed E-state index contributed by atoms with van der Waals surface area (Å²) in [5.41, 5.74) is 7.24. The highest BCUT2D eigenvalue weighted by molar-refractivity contribution is 6.30. The van der Waals surface area contributed by atoms with Crippen molar-refractivity contribution in [2.45, 2.75) is 37.9 Å². The molecule has 16 heavy (non-hydrogen) atoms. The Morgan fingerprint density at radius 3 is 2.56 bits per heavy atom. The summed E-state index contributed by atoms with van der Waals surface area (Å²) in [4.78, 5) is 2.40. The predicted octanol–water partition coefficient (Wildman–Crippen LogP) is 2.65. The number of nitrogens with zero attached hydrogens (tertiary/aromatic N) is 1. The van der Waals surface area contributed by atoms with Gasteiger partial charge in [-0.3, -0.25) is 4.90 Å². The van der Waals surface area contributed by atoms with Gasteiger partial charge in [0.1, 0.15) is 0 Å². The minimum atomic E-state index is 0.401. The van der Waals surface area contributed by atoms with E-state index in [4.69, 9.17) is 17.3 Å². The number of nitrogens with two attached hydrogens (primary N) is 1. The van der Waals surface area contributed by atoms with E-state index in [2.05, 4.69) is 24.1 Å².